The number of allylic oxidation sites excluding steroid dienone is 2. The molecule has 0 aliphatic heterocycles. The third kappa shape index (κ3) is 3.26. The minimum atomic E-state index is -0.901. The van der Waals surface area contributed by atoms with Gasteiger partial charge in [0.1, 0.15) is 0 Å². The molecule has 0 bridgehead atoms. The number of nitrogens with one attached hydrogen (secondary N) is 1. The van der Waals surface area contributed by atoms with Gasteiger partial charge in [0.25, 0.3) is 0 Å². The number of carbonyl (C=O) groups excluding carboxylic acids is 1. The average Bonchev–Trinajstić information content (AvgIpc) is 2.48. The van der Waals surface area contributed by atoms with Crippen LogP contribution in [0.2, 0.25) is 0 Å². The quantitative estimate of drug-likeness (QED) is 0.828. The van der Waals surface area contributed by atoms with Crippen molar-refractivity contribution in [2.75, 3.05) is 0 Å². The van der Waals surface area contributed by atoms with Crippen molar-refractivity contribution in [3.8, 4) is 0 Å². The monoisotopic (exact) mass is 273 g/mol. The van der Waals surface area contributed by atoms with Crippen LogP contribution < -0.4 is 5.32 Å². The van der Waals surface area contributed by atoms with E-state index in [2.05, 4.69) is 5.32 Å². The molecule has 2 N–H and O–H groups in total. The first-order valence-electron chi connectivity index (χ1n) is 6.82. The normalized spacial score (nSPS) is 23.1. The van der Waals surface area contributed by atoms with Crippen LogP contribution in [0.25, 0.3) is 0 Å². The summed E-state index contributed by atoms with van der Waals surface area (Å²) in [5.41, 5.74) is 1.01. The number of carboxylic acids is 1. The maximum atomic E-state index is 12.3. The third-order valence-electron chi connectivity index (χ3n) is 3.74. The molecule has 106 valence electrons. The number of amides is 1. The third-order valence-corrected chi connectivity index (χ3v) is 3.74. The van der Waals surface area contributed by atoms with Gasteiger partial charge in [-0.3, -0.25) is 9.59 Å². The van der Waals surface area contributed by atoms with Crippen molar-refractivity contribution < 1.29 is 14.7 Å². The fraction of sp³-hybridized carbons (Fsp3) is 0.375. The van der Waals surface area contributed by atoms with Gasteiger partial charge < -0.3 is 10.4 Å². The number of hydrogen-bond donors (Lipinski definition) is 2. The predicted molar refractivity (Wildman–Crippen MR) is 76.0 cm³/mol. The van der Waals surface area contributed by atoms with E-state index in [1.54, 1.807) is 0 Å². The maximum Gasteiger partial charge on any atom is 0.307 e. The Morgan fingerprint density at radius 2 is 1.75 bits per heavy atom. The summed E-state index contributed by atoms with van der Waals surface area (Å²) in [5.74, 6) is -2.19. The van der Waals surface area contributed by atoms with Crippen molar-refractivity contribution in [3.05, 3.63) is 48.0 Å². The average molecular weight is 273 g/mol. The van der Waals surface area contributed by atoms with Crippen LogP contribution in [0.3, 0.4) is 0 Å². The summed E-state index contributed by atoms with van der Waals surface area (Å²) in [4.78, 5) is 23.5. The van der Waals surface area contributed by atoms with Gasteiger partial charge in [0.05, 0.1) is 17.9 Å². The molecular weight excluding hydrogens is 254 g/mol. The Bertz CT molecular complexity index is 510. The molecule has 2 rings (SSSR count). The molecule has 0 saturated heterocycles. The zero-order chi connectivity index (χ0) is 14.5. The lowest BCUT2D eigenvalue weighted by molar-refractivity contribution is -0.147. The van der Waals surface area contributed by atoms with Crippen molar-refractivity contribution >= 4 is 11.9 Å². The Balaban J connectivity index is 2.04. The minimum absolute atomic E-state index is 0.121. The van der Waals surface area contributed by atoms with Gasteiger partial charge in [0.2, 0.25) is 5.91 Å². The Hall–Kier alpha value is -2.10. The predicted octanol–water partition coefficient (Wildman–Crippen LogP) is 2.53. The topological polar surface area (TPSA) is 66.4 Å². The molecule has 20 heavy (non-hydrogen) atoms. The van der Waals surface area contributed by atoms with Crippen LogP contribution in [-0.2, 0) is 9.59 Å². The fourth-order valence-corrected chi connectivity index (χ4v) is 2.52. The molecule has 1 aliphatic rings. The van der Waals surface area contributed by atoms with E-state index in [0.29, 0.717) is 12.8 Å². The molecule has 1 aromatic carbocycles. The van der Waals surface area contributed by atoms with Crippen LogP contribution in [-0.4, -0.2) is 17.0 Å². The standard InChI is InChI=1S/C16H19NO3/c1-11(12-7-3-2-4-8-12)17-15(18)13-9-5-6-10-14(13)16(19)20/h2-8,11,13-14H,9-10H2,1H3,(H,17,18)(H,19,20)/t11-,13?,14?/m0/s1. The van der Waals surface area contributed by atoms with E-state index in [0.717, 1.165) is 5.56 Å². The van der Waals surface area contributed by atoms with Gasteiger partial charge in [0.15, 0.2) is 0 Å². The highest BCUT2D eigenvalue weighted by Crippen LogP contribution is 2.27. The largest absolute Gasteiger partial charge is 0.481 e. The summed E-state index contributed by atoms with van der Waals surface area (Å²) < 4.78 is 0. The number of carbonyl (C=O) groups is 2. The van der Waals surface area contributed by atoms with Crippen LogP contribution in [0.15, 0.2) is 42.5 Å². The molecule has 0 radical (unpaired) electrons. The van der Waals surface area contributed by atoms with Gasteiger partial charge in [-0.25, -0.2) is 0 Å². The number of rotatable bonds is 4. The molecule has 1 amide bonds. The van der Waals surface area contributed by atoms with Crippen molar-refractivity contribution in [2.24, 2.45) is 11.8 Å². The molecule has 1 aromatic rings. The fourth-order valence-electron chi connectivity index (χ4n) is 2.52. The lowest BCUT2D eigenvalue weighted by atomic mass is 9.82. The number of carboxylic acid groups (broad SMARTS) is 1. The zero-order valence-corrected chi connectivity index (χ0v) is 11.5. The summed E-state index contributed by atoms with van der Waals surface area (Å²) in [6, 6.07) is 9.53. The molecule has 2 unspecified atom stereocenters. The Kier molecular flexibility index (Phi) is 4.56. The van der Waals surface area contributed by atoms with Crippen LogP contribution in [0.4, 0.5) is 0 Å². The molecule has 0 heterocycles. The lowest BCUT2D eigenvalue weighted by Gasteiger charge is -2.26. The van der Waals surface area contributed by atoms with Crippen LogP contribution >= 0.6 is 0 Å². The summed E-state index contributed by atoms with van der Waals surface area (Å²) in [7, 11) is 0. The van der Waals surface area contributed by atoms with Gasteiger partial charge >= 0.3 is 5.97 Å². The van der Waals surface area contributed by atoms with Gasteiger partial charge in [-0.2, -0.15) is 0 Å². The maximum absolute atomic E-state index is 12.3. The first kappa shape index (κ1) is 14.3. The summed E-state index contributed by atoms with van der Waals surface area (Å²) >= 11 is 0. The van der Waals surface area contributed by atoms with E-state index in [-0.39, 0.29) is 11.9 Å². The molecule has 0 fully saturated rings. The molecule has 4 heteroatoms. The van der Waals surface area contributed by atoms with E-state index in [1.165, 1.54) is 0 Å². The number of hydrogen-bond acceptors (Lipinski definition) is 2. The highest BCUT2D eigenvalue weighted by Gasteiger charge is 2.34. The van der Waals surface area contributed by atoms with Gasteiger partial charge in [-0.05, 0) is 25.3 Å². The molecular formula is C16H19NO3. The first-order chi connectivity index (χ1) is 9.59. The van der Waals surface area contributed by atoms with Gasteiger partial charge in [-0.1, -0.05) is 42.5 Å². The molecule has 0 aromatic heterocycles. The van der Waals surface area contributed by atoms with Crippen molar-refractivity contribution in [1.29, 1.82) is 0 Å². The van der Waals surface area contributed by atoms with E-state index >= 15 is 0 Å². The lowest BCUT2D eigenvalue weighted by Crippen LogP contribution is -2.39. The van der Waals surface area contributed by atoms with Crippen LogP contribution in [0.1, 0.15) is 31.4 Å². The molecule has 3 atom stereocenters. The van der Waals surface area contributed by atoms with E-state index in [1.807, 2.05) is 49.4 Å². The molecule has 0 saturated carbocycles. The SMILES string of the molecule is C[C@H](NC(=O)C1CC=CCC1C(=O)O)c1ccccc1. The Morgan fingerprint density at radius 3 is 2.35 bits per heavy atom. The van der Waals surface area contributed by atoms with Gasteiger partial charge in [-0.15, -0.1) is 0 Å². The minimum Gasteiger partial charge on any atom is -0.481 e. The molecule has 4 nitrogen and oxygen atoms in total. The highest BCUT2D eigenvalue weighted by atomic mass is 16.4. The van der Waals surface area contributed by atoms with Crippen molar-refractivity contribution in [1.82, 2.24) is 5.32 Å². The van der Waals surface area contributed by atoms with E-state index < -0.39 is 17.8 Å². The second-order valence-corrected chi connectivity index (χ2v) is 5.13. The second kappa shape index (κ2) is 6.37. The number of aliphatic carboxylic acids is 1. The first-order valence-corrected chi connectivity index (χ1v) is 6.82. The van der Waals surface area contributed by atoms with Gasteiger partial charge in [0, 0.05) is 0 Å². The van der Waals surface area contributed by atoms with E-state index in [9.17, 15) is 14.7 Å². The highest BCUT2D eigenvalue weighted by molar-refractivity contribution is 5.85. The zero-order valence-electron chi connectivity index (χ0n) is 11.5. The van der Waals surface area contributed by atoms with Crippen molar-refractivity contribution in [2.45, 2.75) is 25.8 Å². The Morgan fingerprint density at radius 1 is 1.15 bits per heavy atom. The number of benzene rings is 1. The molecule has 1 aliphatic carbocycles. The van der Waals surface area contributed by atoms with Crippen LogP contribution in [0, 0.1) is 11.8 Å². The summed E-state index contributed by atoms with van der Waals surface area (Å²) in [6.45, 7) is 1.90. The van der Waals surface area contributed by atoms with E-state index in [4.69, 9.17) is 0 Å². The summed E-state index contributed by atoms with van der Waals surface area (Å²) in [5, 5.41) is 12.1. The molecule has 0 spiro atoms. The van der Waals surface area contributed by atoms with Crippen LogP contribution in [0.5, 0.6) is 0 Å². The van der Waals surface area contributed by atoms with Crippen molar-refractivity contribution in [3.63, 3.8) is 0 Å². The Labute approximate surface area is 118 Å². The smallest absolute Gasteiger partial charge is 0.307 e. The second-order valence-electron chi connectivity index (χ2n) is 5.13. The summed E-state index contributed by atoms with van der Waals surface area (Å²) in [6.07, 6.45) is 4.64.